The van der Waals surface area contributed by atoms with Gasteiger partial charge in [0.1, 0.15) is 12.0 Å². The number of carbonyl (C=O) groups excluding carboxylic acids is 2. The Bertz CT molecular complexity index is 1120. The van der Waals surface area contributed by atoms with Crippen molar-refractivity contribution in [2.45, 2.75) is 32.0 Å². The molecule has 0 unspecified atom stereocenters. The predicted molar refractivity (Wildman–Crippen MR) is 137 cm³/mol. The van der Waals surface area contributed by atoms with Gasteiger partial charge in [-0.05, 0) is 49.6 Å². The van der Waals surface area contributed by atoms with Crippen LogP contribution in [0, 0.1) is 16.0 Å². The second kappa shape index (κ2) is 14.1. The lowest BCUT2D eigenvalue weighted by Crippen LogP contribution is -2.39. The van der Waals surface area contributed by atoms with Crippen LogP contribution in [0.25, 0.3) is 0 Å². The van der Waals surface area contributed by atoms with Gasteiger partial charge in [0.05, 0.1) is 17.6 Å². The third-order valence-electron chi connectivity index (χ3n) is 6.03. The van der Waals surface area contributed by atoms with E-state index >= 15 is 0 Å². The van der Waals surface area contributed by atoms with Crippen LogP contribution in [0.2, 0.25) is 0 Å². The lowest BCUT2D eigenvalue weighted by Gasteiger charge is -2.37. The van der Waals surface area contributed by atoms with Gasteiger partial charge in [0.2, 0.25) is 6.29 Å². The summed E-state index contributed by atoms with van der Waals surface area (Å²) in [6.07, 6.45) is 3.32. The molecule has 204 valence electrons. The van der Waals surface area contributed by atoms with Crippen molar-refractivity contribution in [3.8, 4) is 0 Å². The molecule has 3 rings (SSSR count). The van der Waals surface area contributed by atoms with E-state index in [1.54, 1.807) is 18.2 Å². The molecule has 1 aliphatic rings. The molecule has 12 nitrogen and oxygen atoms in total. The van der Waals surface area contributed by atoms with Crippen molar-refractivity contribution < 1.29 is 33.8 Å². The Kier molecular flexibility index (Phi) is 10.6. The SMILES string of the molecule is CCO[C@@H]1OC(C(=O)NCCNc2ccc([N+](=O)[O-])cn2)=C[C@H](c2ccc(C(=O)OC)cc2)[C@@H]1CCCO. The number of esters is 1. The van der Waals surface area contributed by atoms with Gasteiger partial charge >= 0.3 is 5.97 Å². The van der Waals surface area contributed by atoms with Gasteiger partial charge in [-0.3, -0.25) is 14.9 Å². The zero-order chi connectivity index (χ0) is 27.5. The highest BCUT2D eigenvalue weighted by atomic mass is 16.7. The molecule has 0 fully saturated rings. The number of nitro groups is 1. The summed E-state index contributed by atoms with van der Waals surface area (Å²) in [6.45, 7) is 2.79. The van der Waals surface area contributed by atoms with Gasteiger partial charge in [-0.15, -0.1) is 0 Å². The topological polar surface area (TPSA) is 162 Å². The highest BCUT2D eigenvalue weighted by Crippen LogP contribution is 2.39. The number of amides is 1. The molecule has 1 amide bonds. The van der Waals surface area contributed by atoms with E-state index < -0.39 is 23.1 Å². The van der Waals surface area contributed by atoms with Crippen LogP contribution in [0.5, 0.6) is 0 Å². The van der Waals surface area contributed by atoms with Gasteiger partial charge in [-0.25, -0.2) is 9.78 Å². The number of anilines is 1. The quantitative estimate of drug-likeness (QED) is 0.152. The Labute approximate surface area is 220 Å². The predicted octanol–water partition coefficient (Wildman–Crippen LogP) is 2.75. The Morgan fingerprint density at radius 3 is 2.55 bits per heavy atom. The molecule has 0 saturated heterocycles. The fraction of sp³-hybridized carbons (Fsp3) is 0.423. The normalized spacial score (nSPS) is 18.6. The zero-order valence-corrected chi connectivity index (χ0v) is 21.3. The maximum atomic E-state index is 13.0. The minimum Gasteiger partial charge on any atom is -0.465 e. The molecule has 38 heavy (non-hydrogen) atoms. The summed E-state index contributed by atoms with van der Waals surface area (Å²) in [5, 5.41) is 25.9. The van der Waals surface area contributed by atoms with Crippen LogP contribution in [-0.2, 0) is 19.0 Å². The summed E-state index contributed by atoms with van der Waals surface area (Å²) in [5.41, 5.74) is 1.17. The fourth-order valence-corrected chi connectivity index (χ4v) is 4.16. The van der Waals surface area contributed by atoms with Crippen molar-refractivity contribution in [2.75, 3.05) is 38.7 Å². The first kappa shape index (κ1) is 28.5. The van der Waals surface area contributed by atoms with Crippen LogP contribution >= 0.6 is 0 Å². The van der Waals surface area contributed by atoms with Gasteiger partial charge in [0.15, 0.2) is 5.76 Å². The number of pyridine rings is 1. The molecule has 2 aromatic rings. The molecule has 12 heteroatoms. The summed E-state index contributed by atoms with van der Waals surface area (Å²) in [6, 6.07) is 9.78. The van der Waals surface area contributed by atoms with E-state index in [0.29, 0.717) is 37.4 Å². The second-order valence-electron chi connectivity index (χ2n) is 8.48. The molecule has 0 bridgehead atoms. The molecule has 0 spiro atoms. The first-order chi connectivity index (χ1) is 18.4. The number of benzene rings is 1. The van der Waals surface area contributed by atoms with E-state index in [0.717, 1.165) is 11.8 Å². The summed E-state index contributed by atoms with van der Waals surface area (Å²) in [7, 11) is 1.32. The van der Waals surface area contributed by atoms with E-state index in [2.05, 4.69) is 15.6 Å². The van der Waals surface area contributed by atoms with Crippen molar-refractivity contribution in [3.63, 3.8) is 0 Å². The lowest BCUT2D eigenvalue weighted by atomic mass is 9.80. The number of nitrogens with zero attached hydrogens (tertiary/aromatic N) is 2. The average molecular weight is 529 g/mol. The third kappa shape index (κ3) is 7.49. The van der Waals surface area contributed by atoms with Gasteiger partial charge in [0.25, 0.3) is 11.6 Å². The first-order valence-corrected chi connectivity index (χ1v) is 12.3. The highest BCUT2D eigenvalue weighted by molar-refractivity contribution is 5.92. The largest absolute Gasteiger partial charge is 0.465 e. The number of hydrogen-bond acceptors (Lipinski definition) is 10. The van der Waals surface area contributed by atoms with E-state index in [1.165, 1.54) is 19.2 Å². The Balaban J connectivity index is 1.72. The monoisotopic (exact) mass is 528 g/mol. The fourth-order valence-electron chi connectivity index (χ4n) is 4.16. The molecule has 0 aliphatic carbocycles. The highest BCUT2D eigenvalue weighted by Gasteiger charge is 2.37. The minimum atomic E-state index is -0.704. The van der Waals surface area contributed by atoms with Crippen LogP contribution in [0.4, 0.5) is 11.5 Å². The average Bonchev–Trinajstić information content (AvgIpc) is 2.94. The molecule has 1 aliphatic heterocycles. The number of aliphatic hydroxyl groups is 1. The molecule has 2 heterocycles. The zero-order valence-electron chi connectivity index (χ0n) is 21.3. The number of nitrogens with one attached hydrogen (secondary N) is 2. The summed E-state index contributed by atoms with van der Waals surface area (Å²) in [4.78, 5) is 39.0. The molecular formula is C26H32N4O8. The number of allylic oxidation sites excluding steroid dienone is 1. The molecule has 0 radical (unpaired) electrons. The van der Waals surface area contributed by atoms with Crippen molar-refractivity contribution >= 4 is 23.4 Å². The van der Waals surface area contributed by atoms with E-state index in [1.807, 2.05) is 19.1 Å². The van der Waals surface area contributed by atoms with E-state index in [-0.39, 0.29) is 36.4 Å². The van der Waals surface area contributed by atoms with Gasteiger partial charge in [-0.2, -0.15) is 0 Å². The van der Waals surface area contributed by atoms with Gasteiger partial charge in [0, 0.05) is 44.2 Å². The minimum absolute atomic E-state index is 0.0109. The summed E-state index contributed by atoms with van der Waals surface area (Å²) < 4.78 is 16.6. The number of rotatable bonds is 13. The van der Waals surface area contributed by atoms with Crippen molar-refractivity contribution in [1.29, 1.82) is 0 Å². The molecule has 3 N–H and O–H groups in total. The van der Waals surface area contributed by atoms with Crippen LogP contribution in [0.1, 0.15) is 41.6 Å². The standard InChI is InChI=1S/C26H32N4O8/c1-3-37-26-20(5-4-14-31)21(17-6-8-18(9-7-17)25(33)36-2)15-22(38-26)24(32)28-13-12-27-23-11-10-19(16-29-23)30(34)35/h6-11,15-16,20-21,26,31H,3-5,12-14H2,1-2H3,(H,27,29)(H,28,32)/t20-,21+,26+/m0/s1. The maximum Gasteiger partial charge on any atom is 0.337 e. The maximum absolute atomic E-state index is 13.0. The Morgan fingerprint density at radius 2 is 1.95 bits per heavy atom. The number of methoxy groups -OCH3 is 1. The third-order valence-corrected chi connectivity index (χ3v) is 6.03. The number of aliphatic hydroxyl groups excluding tert-OH is 1. The molecule has 0 saturated carbocycles. The number of ether oxygens (including phenoxy) is 3. The van der Waals surface area contributed by atoms with E-state index in [4.69, 9.17) is 14.2 Å². The molecule has 3 atom stereocenters. The first-order valence-electron chi connectivity index (χ1n) is 12.3. The van der Waals surface area contributed by atoms with Crippen LogP contribution in [-0.4, -0.2) is 66.6 Å². The molecule has 1 aromatic heterocycles. The van der Waals surface area contributed by atoms with Crippen LogP contribution in [0.3, 0.4) is 0 Å². The van der Waals surface area contributed by atoms with E-state index in [9.17, 15) is 24.8 Å². The second-order valence-corrected chi connectivity index (χ2v) is 8.48. The summed E-state index contributed by atoms with van der Waals surface area (Å²) in [5.74, 6) is -0.749. The molecular weight excluding hydrogens is 496 g/mol. The van der Waals surface area contributed by atoms with Gasteiger partial charge in [-0.1, -0.05) is 12.1 Å². The van der Waals surface area contributed by atoms with Crippen molar-refractivity contribution in [1.82, 2.24) is 10.3 Å². The van der Waals surface area contributed by atoms with Crippen LogP contribution < -0.4 is 10.6 Å². The smallest absolute Gasteiger partial charge is 0.337 e. The lowest BCUT2D eigenvalue weighted by molar-refractivity contribution is -0.385. The summed E-state index contributed by atoms with van der Waals surface area (Å²) >= 11 is 0. The number of carbonyl (C=O) groups is 2. The van der Waals surface area contributed by atoms with Crippen LogP contribution in [0.15, 0.2) is 54.4 Å². The Hall–Kier alpha value is -4.03. The number of hydrogen-bond donors (Lipinski definition) is 3. The van der Waals surface area contributed by atoms with Crippen molar-refractivity contribution in [2.24, 2.45) is 5.92 Å². The number of aromatic nitrogens is 1. The van der Waals surface area contributed by atoms with Gasteiger partial charge < -0.3 is 30.0 Å². The molecule has 1 aromatic carbocycles. The van der Waals surface area contributed by atoms with Crippen molar-refractivity contribution in [3.05, 3.63) is 75.7 Å². The Morgan fingerprint density at radius 1 is 1.18 bits per heavy atom.